The molecule has 22 heavy (non-hydrogen) atoms. The van der Waals surface area contributed by atoms with Crippen molar-refractivity contribution < 1.29 is 4.42 Å². The number of guanidine groups is 1. The fourth-order valence-electron chi connectivity index (χ4n) is 1.71. The highest BCUT2D eigenvalue weighted by Crippen LogP contribution is 2.22. The van der Waals surface area contributed by atoms with E-state index in [0.29, 0.717) is 18.4 Å². The molecule has 0 bridgehead atoms. The Kier molecular flexibility index (Phi) is 7.34. The highest BCUT2D eigenvalue weighted by Gasteiger charge is 2.18. The number of oxazole rings is 1. The minimum Gasteiger partial charge on any atom is -0.443 e. The first-order valence-electron chi connectivity index (χ1n) is 6.96. The van der Waals surface area contributed by atoms with Crippen LogP contribution in [0.15, 0.2) is 33.1 Å². The van der Waals surface area contributed by atoms with Crippen molar-refractivity contribution in [3.8, 4) is 0 Å². The zero-order valence-corrected chi connectivity index (χ0v) is 16.3. The molecular weight excluding hydrogens is 411 g/mol. The predicted octanol–water partition coefficient (Wildman–Crippen LogP) is 3.30. The van der Waals surface area contributed by atoms with Gasteiger partial charge in [-0.3, -0.25) is 0 Å². The molecule has 0 fully saturated rings. The minimum absolute atomic E-state index is 0. The molecule has 3 N–H and O–H groups in total. The van der Waals surface area contributed by atoms with E-state index in [4.69, 9.17) is 10.2 Å². The van der Waals surface area contributed by atoms with Crippen molar-refractivity contribution in [1.29, 1.82) is 0 Å². The molecule has 2 aromatic heterocycles. The van der Waals surface area contributed by atoms with E-state index in [1.54, 1.807) is 17.5 Å². The van der Waals surface area contributed by atoms with Crippen LogP contribution in [0.1, 0.15) is 37.3 Å². The van der Waals surface area contributed by atoms with Crippen LogP contribution < -0.4 is 11.1 Å². The van der Waals surface area contributed by atoms with Gasteiger partial charge in [-0.2, -0.15) is 0 Å². The van der Waals surface area contributed by atoms with E-state index in [0.717, 1.165) is 18.7 Å². The number of nitrogens with one attached hydrogen (secondary N) is 1. The number of rotatable bonds is 5. The van der Waals surface area contributed by atoms with E-state index in [2.05, 4.69) is 47.5 Å². The Labute approximate surface area is 152 Å². The molecule has 0 saturated heterocycles. The number of aromatic nitrogens is 1. The summed E-state index contributed by atoms with van der Waals surface area (Å²) in [5, 5.41) is 5.16. The van der Waals surface area contributed by atoms with Crippen molar-refractivity contribution in [2.75, 3.05) is 6.54 Å². The Morgan fingerprint density at radius 3 is 2.82 bits per heavy atom. The van der Waals surface area contributed by atoms with Gasteiger partial charge in [0.05, 0.1) is 6.20 Å². The lowest BCUT2D eigenvalue weighted by Crippen LogP contribution is -2.33. The molecule has 7 heteroatoms. The lowest BCUT2D eigenvalue weighted by molar-refractivity contribution is 0.383. The first kappa shape index (κ1) is 19.0. The number of nitrogens with two attached hydrogens (primary N) is 1. The molecule has 2 aromatic rings. The van der Waals surface area contributed by atoms with Gasteiger partial charge in [-0.25, -0.2) is 9.98 Å². The Morgan fingerprint density at radius 1 is 1.45 bits per heavy atom. The number of thiophene rings is 1. The lowest BCUT2D eigenvalue weighted by Gasteiger charge is -2.12. The topological polar surface area (TPSA) is 76.4 Å². The summed E-state index contributed by atoms with van der Waals surface area (Å²) in [6.45, 7) is 7.38. The van der Waals surface area contributed by atoms with Gasteiger partial charge < -0.3 is 15.5 Å². The normalized spacial score (nSPS) is 12.0. The van der Waals surface area contributed by atoms with Gasteiger partial charge in [-0.1, -0.05) is 26.8 Å². The minimum atomic E-state index is -0.0422. The van der Waals surface area contributed by atoms with Crippen LogP contribution in [-0.2, 0) is 18.4 Å². The SMILES string of the molecule is CC(C)(C)c1cnc(CN=C(N)NCCc2cccs2)o1.I. The Morgan fingerprint density at radius 2 is 2.23 bits per heavy atom. The summed E-state index contributed by atoms with van der Waals surface area (Å²) in [7, 11) is 0. The molecule has 0 atom stereocenters. The molecule has 0 aliphatic rings. The highest BCUT2D eigenvalue weighted by atomic mass is 127. The van der Waals surface area contributed by atoms with Gasteiger partial charge in [0, 0.05) is 16.8 Å². The van der Waals surface area contributed by atoms with Gasteiger partial charge in [0.15, 0.2) is 5.96 Å². The quantitative estimate of drug-likeness (QED) is 0.430. The second-order valence-corrected chi connectivity index (χ2v) is 6.86. The Balaban J connectivity index is 0.00000242. The van der Waals surface area contributed by atoms with Crippen LogP contribution in [-0.4, -0.2) is 17.5 Å². The summed E-state index contributed by atoms with van der Waals surface area (Å²) in [6.07, 6.45) is 2.70. The maximum Gasteiger partial charge on any atom is 0.216 e. The number of hydrogen-bond donors (Lipinski definition) is 2. The van der Waals surface area contributed by atoms with Crippen LogP contribution in [0.4, 0.5) is 0 Å². The first-order valence-corrected chi connectivity index (χ1v) is 7.84. The highest BCUT2D eigenvalue weighted by molar-refractivity contribution is 14.0. The molecule has 0 saturated carbocycles. The van der Waals surface area contributed by atoms with Crippen molar-refractivity contribution >= 4 is 41.3 Å². The van der Waals surface area contributed by atoms with E-state index in [-0.39, 0.29) is 29.4 Å². The molecule has 0 aliphatic heterocycles. The fourth-order valence-corrected chi connectivity index (χ4v) is 2.42. The second-order valence-electron chi connectivity index (χ2n) is 5.83. The lowest BCUT2D eigenvalue weighted by atomic mass is 9.94. The fraction of sp³-hybridized carbons (Fsp3) is 0.467. The average molecular weight is 434 g/mol. The van der Waals surface area contributed by atoms with Gasteiger partial charge in [0.2, 0.25) is 5.89 Å². The van der Waals surface area contributed by atoms with E-state index < -0.39 is 0 Å². The number of nitrogens with zero attached hydrogens (tertiary/aromatic N) is 2. The molecule has 0 aromatic carbocycles. The van der Waals surface area contributed by atoms with Crippen LogP contribution in [0.2, 0.25) is 0 Å². The van der Waals surface area contributed by atoms with Gasteiger partial charge >= 0.3 is 0 Å². The number of halogens is 1. The molecule has 2 rings (SSSR count). The zero-order chi connectivity index (χ0) is 15.3. The Hall–Kier alpha value is -1.09. The second kappa shape index (κ2) is 8.52. The van der Waals surface area contributed by atoms with Crippen molar-refractivity contribution in [3.05, 3.63) is 40.2 Å². The van der Waals surface area contributed by atoms with Crippen LogP contribution in [0.25, 0.3) is 0 Å². The monoisotopic (exact) mass is 434 g/mol. The summed E-state index contributed by atoms with van der Waals surface area (Å²) in [4.78, 5) is 9.79. The van der Waals surface area contributed by atoms with Crippen LogP contribution in [0.3, 0.4) is 0 Å². The molecule has 0 aliphatic carbocycles. The van der Waals surface area contributed by atoms with Crippen molar-refractivity contribution in [2.45, 2.75) is 39.2 Å². The van der Waals surface area contributed by atoms with Crippen LogP contribution >= 0.6 is 35.3 Å². The van der Waals surface area contributed by atoms with Gasteiger partial charge in [-0.05, 0) is 17.9 Å². The molecule has 0 unspecified atom stereocenters. The summed E-state index contributed by atoms with van der Waals surface area (Å²) >= 11 is 1.74. The molecule has 122 valence electrons. The Bertz CT molecular complexity index is 587. The largest absolute Gasteiger partial charge is 0.443 e. The predicted molar refractivity (Wildman–Crippen MR) is 102 cm³/mol. The standard InChI is InChI=1S/C15H22N4OS.HI/c1-15(2,3)12-9-18-13(20-12)10-19-14(16)17-7-6-11-5-4-8-21-11;/h4-5,8-9H,6-7,10H2,1-3H3,(H3,16,17,19);1H. The van der Waals surface area contributed by atoms with Crippen LogP contribution in [0, 0.1) is 0 Å². The molecule has 0 spiro atoms. The third-order valence-electron chi connectivity index (χ3n) is 2.94. The number of aliphatic imine (C=N–C) groups is 1. The van der Waals surface area contributed by atoms with E-state index in [1.165, 1.54) is 4.88 Å². The number of hydrogen-bond acceptors (Lipinski definition) is 4. The average Bonchev–Trinajstić information content (AvgIpc) is 3.06. The smallest absolute Gasteiger partial charge is 0.216 e. The van der Waals surface area contributed by atoms with E-state index >= 15 is 0 Å². The van der Waals surface area contributed by atoms with Gasteiger partial charge in [0.25, 0.3) is 0 Å². The maximum atomic E-state index is 5.83. The van der Waals surface area contributed by atoms with Crippen LogP contribution in [0.5, 0.6) is 0 Å². The van der Waals surface area contributed by atoms with Gasteiger partial charge in [0.1, 0.15) is 12.3 Å². The van der Waals surface area contributed by atoms with E-state index in [1.807, 2.05) is 6.07 Å². The summed E-state index contributed by atoms with van der Waals surface area (Å²) in [5.41, 5.74) is 5.78. The van der Waals surface area contributed by atoms with Crippen molar-refractivity contribution in [3.63, 3.8) is 0 Å². The summed E-state index contributed by atoms with van der Waals surface area (Å²) < 4.78 is 5.66. The van der Waals surface area contributed by atoms with Crippen molar-refractivity contribution in [2.24, 2.45) is 10.7 Å². The summed E-state index contributed by atoms with van der Waals surface area (Å²) in [6, 6.07) is 4.16. The third kappa shape index (κ3) is 5.96. The first-order chi connectivity index (χ1) is 9.95. The molecule has 0 amide bonds. The molecular formula is C15H23IN4OS. The third-order valence-corrected chi connectivity index (χ3v) is 3.87. The molecule has 5 nitrogen and oxygen atoms in total. The maximum absolute atomic E-state index is 5.83. The molecule has 0 radical (unpaired) electrons. The summed E-state index contributed by atoms with van der Waals surface area (Å²) in [5.74, 6) is 1.86. The zero-order valence-electron chi connectivity index (χ0n) is 13.1. The molecule has 2 heterocycles. The van der Waals surface area contributed by atoms with E-state index in [9.17, 15) is 0 Å². The van der Waals surface area contributed by atoms with Gasteiger partial charge in [-0.15, -0.1) is 35.3 Å². The van der Waals surface area contributed by atoms with Crippen molar-refractivity contribution in [1.82, 2.24) is 10.3 Å².